The highest BCUT2D eigenvalue weighted by Crippen LogP contribution is 2.01. The Bertz CT molecular complexity index is 144. The van der Waals surface area contributed by atoms with E-state index in [2.05, 4.69) is 24.2 Å². The van der Waals surface area contributed by atoms with Crippen molar-refractivity contribution in [2.45, 2.75) is 39.7 Å². The quantitative estimate of drug-likeness (QED) is 0.361. The number of nitrogens with zero attached hydrogens (tertiary/aromatic N) is 1. The monoisotopic (exact) mass is 187 g/mol. The fourth-order valence-corrected chi connectivity index (χ4v) is 1.36. The lowest BCUT2D eigenvalue weighted by Crippen LogP contribution is -2.47. The zero-order valence-electron chi connectivity index (χ0n) is 8.84. The first kappa shape index (κ1) is 12.4. The summed E-state index contributed by atoms with van der Waals surface area (Å²) >= 11 is 0. The van der Waals surface area contributed by atoms with E-state index in [-0.39, 0.29) is 11.9 Å². The van der Waals surface area contributed by atoms with Crippen LogP contribution in [0.2, 0.25) is 0 Å². The molecule has 1 atom stereocenters. The molecule has 4 heteroatoms. The lowest BCUT2D eigenvalue weighted by atomic mass is 10.2. The summed E-state index contributed by atoms with van der Waals surface area (Å²) in [6, 6.07) is -0.120. The Morgan fingerprint density at radius 3 is 2.15 bits per heavy atom. The molecule has 0 aromatic heterocycles. The van der Waals surface area contributed by atoms with Crippen LogP contribution in [0.1, 0.15) is 33.6 Å². The van der Waals surface area contributed by atoms with E-state index in [9.17, 15) is 4.79 Å². The van der Waals surface area contributed by atoms with Gasteiger partial charge in [-0.05, 0) is 32.9 Å². The van der Waals surface area contributed by atoms with Crippen LogP contribution in [-0.2, 0) is 4.79 Å². The van der Waals surface area contributed by atoms with E-state index in [4.69, 9.17) is 5.84 Å². The van der Waals surface area contributed by atoms with Gasteiger partial charge in [-0.15, -0.1) is 0 Å². The van der Waals surface area contributed by atoms with Crippen molar-refractivity contribution in [1.82, 2.24) is 10.3 Å². The molecule has 0 rings (SSSR count). The lowest BCUT2D eigenvalue weighted by molar-refractivity contribution is -0.126. The number of rotatable bonds is 6. The van der Waals surface area contributed by atoms with Crippen LogP contribution in [0.4, 0.5) is 0 Å². The van der Waals surface area contributed by atoms with Crippen molar-refractivity contribution in [3.63, 3.8) is 0 Å². The molecule has 0 bridgehead atoms. The zero-order valence-corrected chi connectivity index (χ0v) is 8.84. The molecule has 0 heterocycles. The van der Waals surface area contributed by atoms with Gasteiger partial charge in [0.05, 0.1) is 6.04 Å². The molecule has 3 N–H and O–H groups in total. The number of nitrogens with two attached hydrogens (primary N) is 1. The summed E-state index contributed by atoms with van der Waals surface area (Å²) < 4.78 is 0. The molecule has 0 aromatic rings. The Morgan fingerprint density at radius 2 is 1.85 bits per heavy atom. The van der Waals surface area contributed by atoms with Gasteiger partial charge in [-0.2, -0.15) is 0 Å². The maximum Gasteiger partial charge on any atom is 0.250 e. The molecule has 13 heavy (non-hydrogen) atoms. The van der Waals surface area contributed by atoms with Crippen molar-refractivity contribution in [3.8, 4) is 0 Å². The average Bonchev–Trinajstić information content (AvgIpc) is 2.15. The van der Waals surface area contributed by atoms with Gasteiger partial charge in [-0.3, -0.25) is 15.1 Å². The van der Waals surface area contributed by atoms with Crippen molar-refractivity contribution < 1.29 is 4.79 Å². The van der Waals surface area contributed by atoms with Crippen LogP contribution < -0.4 is 11.3 Å². The predicted octanol–water partition coefficient (Wildman–Crippen LogP) is 0.487. The van der Waals surface area contributed by atoms with E-state index < -0.39 is 0 Å². The standard InChI is InChI=1S/C9H21N3O/c1-4-6-12(7-5-2)8(3)9(13)11-10/h8H,4-7,10H2,1-3H3,(H,11,13). The number of hydrogen-bond donors (Lipinski definition) is 2. The van der Waals surface area contributed by atoms with E-state index in [0.29, 0.717) is 0 Å². The smallest absolute Gasteiger partial charge is 0.250 e. The van der Waals surface area contributed by atoms with Gasteiger partial charge >= 0.3 is 0 Å². The molecular weight excluding hydrogens is 166 g/mol. The minimum absolute atomic E-state index is 0.109. The van der Waals surface area contributed by atoms with Crippen LogP contribution in [0.25, 0.3) is 0 Å². The summed E-state index contributed by atoms with van der Waals surface area (Å²) in [5, 5.41) is 0. The van der Waals surface area contributed by atoms with E-state index in [0.717, 1.165) is 25.9 Å². The summed E-state index contributed by atoms with van der Waals surface area (Å²) in [6.45, 7) is 7.99. The van der Waals surface area contributed by atoms with Crippen LogP contribution in [0.15, 0.2) is 0 Å². The van der Waals surface area contributed by atoms with Gasteiger partial charge in [0.2, 0.25) is 0 Å². The van der Waals surface area contributed by atoms with Crippen molar-refractivity contribution in [2.24, 2.45) is 5.84 Å². The average molecular weight is 187 g/mol. The number of amides is 1. The second kappa shape index (κ2) is 6.86. The fraction of sp³-hybridized carbons (Fsp3) is 0.889. The molecule has 0 aliphatic carbocycles. The zero-order chi connectivity index (χ0) is 10.3. The molecule has 0 radical (unpaired) electrons. The number of hydrogen-bond acceptors (Lipinski definition) is 3. The van der Waals surface area contributed by atoms with Crippen molar-refractivity contribution in [1.29, 1.82) is 0 Å². The largest absolute Gasteiger partial charge is 0.293 e. The normalized spacial score (nSPS) is 13.0. The van der Waals surface area contributed by atoms with Crippen molar-refractivity contribution >= 4 is 5.91 Å². The lowest BCUT2D eigenvalue weighted by Gasteiger charge is -2.26. The first-order valence-corrected chi connectivity index (χ1v) is 4.91. The van der Waals surface area contributed by atoms with Gasteiger partial charge in [0, 0.05) is 0 Å². The highest BCUT2D eigenvalue weighted by atomic mass is 16.2. The topological polar surface area (TPSA) is 58.4 Å². The molecule has 1 unspecified atom stereocenters. The third kappa shape index (κ3) is 4.24. The summed E-state index contributed by atoms with van der Waals surface area (Å²) in [4.78, 5) is 13.4. The van der Waals surface area contributed by atoms with Crippen molar-refractivity contribution in [2.75, 3.05) is 13.1 Å². The molecule has 0 saturated heterocycles. The number of carbonyl (C=O) groups excluding carboxylic acids is 1. The van der Waals surface area contributed by atoms with Gasteiger partial charge in [-0.25, -0.2) is 5.84 Å². The highest BCUT2D eigenvalue weighted by Gasteiger charge is 2.18. The fourth-order valence-electron chi connectivity index (χ4n) is 1.36. The maximum atomic E-state index is 11.2. The van der Waals surface area contributed by atoms with E-state index in [1.54, 1.807) is 0 Å². The molecule has 0 saturated carbocycles. The Kier molecular flexibility index (Phi) is 6.54. The molecule has 0 spiro atoms. The Balaban J connectivity index is 4.08. The Morgan fingerprint density at radius 1 is 1.38 bits per heavy atom. The van der Waals surface area contributed by atoms with Gasteiger partial charge in [0.1, 0.15) is 0 Å². The first-order chi connectivity index (χ1) is 6.17. The molecule has 78 valence electrons. The summed E-state index contributed by atoms with van der Waals surface area (Å²) in [7, 11) is 0. The highest BCUT2D eigenvalue weighted by molar-refractivity contribution is 5.80. The van der Waals surface area contributed by atoms with Crippen LogP contribution in [0.5, 0.6) is 0 Å². The first-order valence-electron chi connectivity index (χ1n) is 4.91. The molecule has 0 aliphatic rings. The maximum absolute atomic E-state index is 11.2. The summed E-state index contributed by atoms with van der Waals surface area (Å²) in [5.74, 6) is 4.97. The Labute approximate surface area is 80.4 Å². The van der Waals surface area contributed by atoms with Crippen LogP contribution in [-0.4, -0.2) is 29.9 Å². The van der Waals surface area contributed by atoms with E-state index in [1.165, 1.54) is 0 Å². The summed E-state index contributed by atoms with van der Waals surface area (Å²) in [5.41, 5.74) is 2.18. The van der Waals surface area contributed by atoms with Gasteiger partial charge < -0.3 is 0 Å². The number of hydrazine groups is 1. The SMILES string of the molecule is CCCN(CCC)C(C)C(=O)NN. The minimum atomic E-state index is -0.120. The minimum Gasteiger partial charge on any atom is -0.293 e. The molecule has 0 aliphatic heterocycles. The third-order valence-corrected chi connectivity index (χ3v) is 2.09. The Hall–Kier alpha value is -0.610. The number of nitrogens with one attached hydrogen (secondary N) is 1. The summed E-state index contributed by atoms with van der Waals surface area (Å²) in [6.07, 6.45) is 2.12. The molecule has 4 nitrogen and oxygen atoms in total. The van der Waals surface area contributed by atoms with Crippen LogP contribution in [0, 0.1) is 0 Å². The van der Waals surface area contributed by atoms with Crippen LogP contribution >= 0.6 is 0 Å². The molecule has 1 amide bonds. The second-order valence-corrected chi connectivity index (χ2v) is 3.22. The second-order valence-electron chi connectivity index (χ2n) is 3.22. The third-order valence-electron chi connectivity index (χ3n) is 2.09. The van der Waals surface area contributed by atoms with E-state index >= 15 is 0 Å². The van der Waals surface area contributed by atoms with Crippen LogP contribution in [0.3, 0.4) is 0 Å². The molecule has 0 aromatic carbocycles. The van der Waals surface area contributed by atoms with E-state index in [1.807, 2.05) is 6.92 Å². The van der Waals surface area contributed by atoms with Crippen molar-refractivity contribution in [3.05, 3.63) is 0 Å². The molecule has 0 fully saturated rings. The molecular formula is C9H21N3O. The van der Waals surface area contributed by atoms with Gasteiger partial charge in [0.15, 0.2) is 0 Å². The predicted molar refractivity (Wildman–Crippen MR) is 53.9 cm³/mol. The van der Waals surface area contributed by atoms with Gasteiger partial charge in [0.25, 0.3) is 5.91 Å². The number of carbonyl (C=O) groups is 1. The van der Waals surface area contributed by atoms with Gasteiger partial charge in [-0.1, -0.05) is 13.8 Å².